The number of nitrogens with one attached hydrogen (secondary N) is 1. The van der Waals surface area contributed by atoms with Crippen LogP contribution in [0.4, 0.5) is 0 Å². The second-order valence-electron chi connectivity index (χ2n) is 6.56. The van der Waals surface area contributed by atoms with Crippen LogP contribution in [0.2, 0.25) is 0 Å². The smallest absolute Gasteiger partial charge is 0.0108 e. The van der Waals surface area contributed by atoms with E-state index in [1.807, 2.05) is 0 Å². The maximum absolute atomic E-state index is 3.54. The largest absolute Gasteiger partial charge is 0.317 e. The number of hydrogen-bond acceptors (Lipinski definition) is 2. The van der Waals surface area contributed by atoms with Gasteiger partial charge in [-0.1, -0.05) is 26.7 Å². The van der Waals surface area contributed by atoms with Crippen molar-refractivity contribution in [1.82, 2.24) is 10.2 Å². The molecule has 0 spiro atoms. The van der Waals surface area contributed by atoms with Gasteiger partial charge in [0.05, 0.1) is 0 Å². The van der Waals surface area contributed by atoms with E-state index in [0.29, 0.717) is 0 Å². The first kappa shape index (κ1) is 17.3. The summed E-state index contributed by atoms with van der Waals surface area (Å²) in [5, 5.41) is 3.54. The molecule has 0 radical (unpaired) electrons. The van der Waals surface area contributed by atoms with Crippen molar-refractivity contribution in [3.63, 3.8) is 0 Å². The molecule has 2 rings (SSSR count). The van der Waals surface area contributed by atoms with Gasteiger partial charge in [0.25, 0.3) is 0 Å². The summed E-state index contributed by atoms with van der Waals surface area (Å²) >= 11 is 0. The van der Waals surface area contributed by atoms with Crippen LogP contribution in [0.3, 0.4) is 0 Å². The molecule has 2 aliphatic rings. The summed E-state index contributed by atoms with van der Waals surface area (Å²) in [7, 11) is 0. The molecule has 0 aromatic carbocycles. The van der Waals surface area contributed by atoms with E-state index in [0.717, 1.165) is 17.9 Å². The Morgan fingerprint density at radius 3 is 2.63 bits per heavy atom. The average Bonchev–Trinajstić information content (AvgIpc) is 2.65. The Balaban J connectivity index is 0.00000180. The molecule has 114 valence electrons. The molecular weight excluding hydrogens is 256 g/mol. The molecule has 0 aromatic rings. The van der Waals surface area contributed by atoms with Crippen molar-refractivity contribution >= 4 is 12.4 Å². The van der Waals surface area contributed by atoms with Crippen LogP contribution in [0.25, 0.3) is 0 Å². The topological polar surface area (TPSA) is 15.3 Å². The lowest BCUT2D eigenvalue weighted by Gasteiger charge is -2.36. The van der Waals surface area contributed by atoms with Crippen molar-refractivity contribution in [2.24, 2.45) is 11.8 Å². The number of halogens is 1. The van der Waals surface area contributed by atoms with Gasteiger partial charge in [-0.3, -0.25) is 0 Å². The van der Waals surface area contributed by atoms with Crippen LogP contribution < -0.4 is 5.32 Å². The van der Waals surface area contributed by atoms with E-state index in [1.165, 1.54) is 71.1 Å². The normalized spacial score (nSPS) is 32.7. The third kappa shape index (κ3) is 5.61. The van der Waals surface area contributed by atoms with E-state index in [4.69, 9.17) is 0 Å². The first-order chi connectivity index (χ1) is 8.79. The fraction of sp³-hybridized carbons (Fsp3) is 1.00. The minimum atomic E-state index is 0. The fourth-order valence-electron chi connectivity index (χ4n) is 3.96. The van der Waals surface area contributed by atoms with Gasteiger partial charge in [-0.2, -0.15) is 0 Å². The van der Waals surface area contributed by atoms with E-state index < -0.39 is 0 Å². The van der Waals surface area contributed by atoms with Gasteiger partial charge < -0.3 is 10.2 Å². The van der Waals surface area contributed by atoms with Crippen molar-refractivity contribution in [2.75, 3.05) is 26.2 Å². The fourth-order valence-corrected chi connectivity index (χ4v) is 3.96. The third-order valence-corrected chi connectivity index (χ3v) is 5.01. The molecule has 2 nitrogen and oxygen atoms in total. The van der Waals surface area contributed by atoms with Gasteiger partial charge in [0.2, 0.25) is 0 Å². The van der Waals surface area contributed by atoms with Gasteiger partial charge in [0.15, 0.2) is 0 Å². The molecule has 0 bridgehead atoms. The lowest BCUT2D eigenvalue weighted by Crippen LogP contribution is -2.40. The zero-order chi connectivity index (χ0) is 12.8. The predicted octanol–water partition coefficient (Wildman–Crippen LogP) is 3.70. The zero-order valence-electron chi connectivity index (χ0n) is 12.9. The molecule has 1 heterocycles. The second kappa shape index (κ2) is 9.20. The molecular formula is C16H33ClN2. The Labute approximate surface area is 126 Å². The molecule has 0 aromatic heterocycles. The maximum Gasteiger partial charge on any atom is 0.0108 e. The third-order valence-electron chi connectivity index (χ3n) is 5.01. The predicted molar refractivity (Wildman–Crippen MR) is 86.1 cm³/mol. The summed E-state index contributed by atoms with van der Waals surface area (Å²) < 4.78 is 0. The summed E-state index contributed by atoms with van der Waals surface area (Å²) in [6, 6.07) is 0.849. The van der Waals surface area contributed by atoms with Crippen LogP contribution in [-0.4, -0.2) is 37.1 Å². The van der Waals surface area contributed by atoms with Gasteiger partial charge in [0.1, 0.15) is 0 Å². The van der Waals surface area contributed by atoms with E-state index in [1.54, 1.807) is 0 Å². The monoisotopic (exact) mass is 288 g/mol. The van der Waals surface area contributed by atoms with Crippen LogP contribution >= 0.6 is 12.4 Å². The number of nitrogens with zero attached hydrogens (tertiary/aromatic N) is 1. The first-order valence-corrected chi connectivity index (χ1v) is 8.24. The standard InChI is InChI=1S/C16H32N2.ClH/c1-3-18(16-8-5-10-17-11-9-16)13-15-7-4-6-14(2)12-15;/h14-17H,3-13H2,1-2H3;1H. The lowest BCUT2D eigenvalue weighted by molar-refractivity contribution is 0.134. The summed E-state index contributed by atoms with van der Waals surface area (Å²) in [6.07, 6.45) is 10.0. The van der Waals surface area contributed by atoms with E-state index >= 15 is 0 Å². The van der Waals surface area contributed by atoms with Crippen LogP contribution in [0.5, 0.6) is 0 Å². The van der Waals surface area contributed by atoms with Crippen molar-refractivity contribution < 1.29 is 0 Å². The molecule has 2 fully saturated rings. The summed E-state index contributed by atoms with van der Waals surface area (Å²) in [4.78, 5) is 2.79. The molecule has 1 aliphatic carbocycles. The van der Waals surface area contributed by atoms with E-state index in [-0.39, 0.29) is 12.4 Å². The molecule has 3 atom stereocenters. The average molecular weight is 289 g/mol. The molecule has 1 saturated carbocycles. The molecule has 0 amide bonds. The zero-order valence-corrected chi connectivity index (χ0v) is 13.7. The minimum absolute atomic E-state index is 0. The Morgan fingerprint density at radius 1 is 1.05 bits per heavy atom. The molecule has 3 unspecified atom stereocenters. The summed E-state index contributed by atoms with van der Waals surface area (Å²) in [5.74, 6) is 1.95. The second-order valence-corrected chi connectivity index (χ2v) is 6.56. The SMILES string of the molecule is CCN(CC1CCCC(C)C1)C1CCCNCC1.Cl. The Bertz CT molecular complexity index is 227. The Hall–Kier alpha value is 0.210. The minimum Gasteiger partial charge on any atom is -0.317 e. The van der Waals surface area contributed by atoms with Crippen LogP contribution in [0, 0.1) is 11.8 Å². The summed E-state index contributed by atoms with van der Waals surface area (Å²) in [5.41, 5.74) is 0. The van der Waals surface area contributed by atoms with E-state index in [9.17, 15) is 0 Å². The van der Waals surface area contributed by atoms with Crippen LogP contribution in [-0.2, 0) is 0 Å². The molecule has 1 saturated heterocycles. The highest BCUT2D eigenvalue weighted by Gasteiger charge is 2.24. The van der Waals surface area contributed by atoms with Gasteiger partial charge >= 0.3 is 0 Å². The highest BCUT2D eigenvalue weighted by atomic mass is 35.5. The quantitative estimate of drug-likeness (QED) is 0.849. The Morgan fingerprint density at radius 2 is 1.89 bits per heavy atom. The highest BCUT2D eigenvalue weighted by Crippen LogP contribution is 2.30. The maximum atomic E-state index is 3.54. The van der Waals surface area contributed by atoms with E-state index in [2.05, 4.69) is 24.1 Å². The van der Waals surface area contributed by atoms with Crippen LogP contribution in [0.1, 0.15) is 58.8 Å². The van der Waals surface area contributed by atoms with Crippen molar-refractivity contribution in [3.8, 4) is 0 Å². The number of hydrogen-bond donors (Lipinski definition) is 1. The molecule has 19 heavy (non-hydrogen) atoms. The summed E-state index contributed by atoms with van der Waals surface area (Å²) in [6.45, 7) is 9.86. The Kier molecular flexibility index (Phi) is 8.36. The first-order valence-electron chi connectivity index (χ1n) is 8.24. The van der Waals surface area contributed by atoms with Crippen molar-refractivity contribution in [2.45, 2.75) is 64.8 Å². The highest BCUT2D eigenvalue weighted by molar-refractivity contribution is 5.85. The number of rotatable bonds is 4. The van der Waals surface area contributed by atoms with Crippen molar-refractivity contribution in [1.29, 1.82) is 0 Å². The van der Waals surface area contributed by atoms with Gasteiger partial charge in [-0.25, -0.2) is 0 Å². The van der Waals surface area contributed by atoms with Gasteiger partial charge in [-0.15, -0.1) is 12.4 Å². The van der Waals surface area contributed by atoms with Gasteiger partial charge in [0, 0.05) is 12.6 Å². The van der Waals surface area contributed by atoms with Crippen LogP contribution in [0.15, 0.2) is 0 Å². The van der Waals surface area contributed by atoms with Crippen molar-refractivity contribution in [3.05, 3.63) is 0 Å². The molecule has 3 heteroatoms. The molecule has 1 aliphatic heterocycles. The van der Waals surface area contributed by atoms with Gasteiger partial charge in [-0.05, 0) is 63.6 Å². The molecule has 1 N–H and O–H groups in total. The lowest BCUT2D eigenvalue weighted by atomic mass is 9.82.